The van der Waals surface area contributed by atoms with E-state index in [0.29, 0.717) is 16.5 Å². The van der Waals surface area contributed by atoms with Crippen LogP contribution < -0.4 is 5.32 Å². The van der Waals surface area contributed by atoms with Crippen LogP contribution in [0.3, 0.4) is 0 Å². The Kier molecular flexibility index (Phi) is 3.09. The summed E-state index contributed by atoms with van der Waals surface area (Å²) in [6, 6.07) is 9.70. The first-order chi connectivity index (χ1) is 8.58. The van der Waals surface area contributed by atoms with Gasteiger partial charge in [0.15, 0.2) is 0 Å². The lowest BCUT2D eigenvalue weighted by atomic mass is 10.1. The van der Waals surface area contributed by atoms with Gasteiger partial charge >= 0.3 is 5.97 Å². The molecule has 6 nitrogen and oxygen atoms in total. The Bertz CT molecular complexity index is 625. The maximum atomic E-state index is 10.8. The summed E-state index contributed by atoms with van der Waals surface area (Å²) in [5.41, 5.74) is 0.655. The number of nitrogens with zero attached hydrogens (tertiary/aromatic N) is 1. The molecule has 0 heterocycles. The van der Waals surface area contributed by atoms with E-state index in [1.165, 1.54) is 6.07 Å². The number of nitrogens with one attached hydrogen (secondary N) is 1. The zero-order chi connectivity index (χ0) is 13.1. The molecule has 2 rings (SSSR count). The van der Waals surface area contributed by atoms with Crippen LogP contribution in [0.2, 0.25) is 0 Å². The largest absolute Gasteiger partial charge is 0.480 e. The van der Waals surface area contributed by atoms with Crippen molar-refractivity contribution in [1.82, 2.24) is 0 Å². The van der Waals surface area contributed by atoms with Crippen LogP contribution in [0.15, 0.2) is 36.4 Å². The standard InChI is InChI=1S/C12H10N2O4/c15-12(16)7-13-9-4-5-10-8(6-9)2-1-3-11(10)14(17)18/h1-6,13H,7H2,(H,15,16). The minimum Gasteiger partial charge on any atom is -0.480 e. The number of anilines is 1. The van der Waals surface area contributed by atoms with Crippen LogP contribution >= 0.6 is 0 Å². The molecule has 0 aliphatic heterocycles. The number of carboxylic acid groups (broad SMARTS) is 1. The predicted molar refractivity (Wildman–Crippen MR) is 66.7 cm³/mol. The molecule has 0 spiro atoms. The van der Waals surface area contributed by atoms with Crippen molar-refractivity contribution in [3.63, 3.8) is 0 Å². The lowest BCUT2D eigenvalue weighted by Gasteiger charge is -2.05. The first-order valence-electron chi connectivity index (χ1n) is 5.21. The van der Waals surface area contributed by atoms with Gasteiger partial charge in [-0.25, -0.2) is 0 Å². The van der Waals surface area contributed by atoms with Crippen molar-refractivity contribution in [1.29, 1.82) is 0 Å². The third-order valence-electron chi connectivity index (χ3n) is 2.50. The highest BCUT2D eigenvalue weighted by Crippen LogP contribution is 2.27. The van der Waals surface area contributed by atoms with E-state index in [4.69, 9.17) is 5.11 Å². The van der Waals surface area contributed by atoms with Crippen LogP contribution in [0.1, 0.15) is 0 Å². The summed E-state index contributed by atoms with van der Waals surface area (Å²) in [7, 11) is 0. The van der Waals surface area contributed by atoms with E-state index in [2.05, 4.69) is 5.32 Å². The summed E-state index contributed by atoms with van der Waals surface area (Å²) in [6.45, 7) is -0.194. The summed E-state index contributed by atoms with van der Waals surface area (Å²) >= 11 is 0. The second-order valence-corrected chi connectivity index (χ2v) is 3.72. The fourth-order valence-electron chi connectivity index (χ4n) is 1.71. The number of hydrogen-bond acceptors (Lipinski definition) is 4. The molecule has 2 N–H and O–H groups in total. The van der Waals surface area contributed by atoms with Gasteiger partial charge in [0.05, 0.1) is 10.3 Å². The van der Waals surface area contributed by atoms with E-state index in [-0.39, 0.29) is 12.2 Å². The Balaban J connectivity index is 2.41. The van der Waals surface area contributed by atoms with Crippen LogP contribution in [0.5, 0.6) is 0 Å². The molecule has 0 aromatic heterocycles. The van der Waals surface area contributed by atoms with E-state index < -0.39 is 10.9 Å². The van der Waals surface area contributed by atoms with Crippen LogP contribution in [0.25, 0.3) is 10.8 Å². The molecule has 6 heteroatoms. The third kappa shape index (κ3) is 2.37. The number of carbonyl (C=O) groups is 1. The maximum absolute atomic E-state index is 10.8. The second kappa shape index (κ2) is 4.70. The van der Waals surface area contributed by atoms with Gasteiger partial charge in [-0.05, 0) is 23.6 Å². The molecule has 0 aliphatic rings. The minimum atomic E-state index is -0.964. The third-order valence-corrected chi connectivity index (χ3v) is 2.50. The van der Waals surface area contributed by atoms with Gasteiger partial charge in [-0.1, -0.05) is 12.1 Å². The van der Waals surface area contributed by atoms with Gasteiger partial charge < -0.3 is 10.4 Å². The highest BCUT2D eigenvalue weighted by Gasteiger charge is 2.10. The molecule has 0 saturated heterocycles. The Morgan fingerprint density at radius 1 is 1.33 bits per heavy atom. The van der Waals surface area contributed by atoms with Gasteiger partial charge in [-0.3, -0.25) is 14.9 Å². The molecule has 0 saturated carbocycles. The van der Waals surface area contributed by atoms with Crippen LogP contribution in [0, 0.1) is 10.1 Å². The molecule has 0 amide bonds. The lowest BCUT2D eigenvalue weighted by molar-refractivity contribution is -0.383. The topological polar surface area (TPSA) is 92.5 Å². The number of non-ortho nitro benzene ring substituents is 1. The van der Waals surface area contributed by atoms with Crippen molar-refractivity contribution in [2.45, 2.75) is 0 Å². The normalized spacial score (nSPS) is 10.2. The SMILES string of the molecule is O=C(O)CNc1ccc2c([N+](=O)[O-])cccc2c1. The van der Waals surface area contributed by atoms with Crippen LogP contribution in [-0.4, -0.2) is 22.5 Å². The number of nitro benzene ring substituents is 1. The van der Waals surface area contributed by atoms with Gasteiger partial charge in [0.1, 0.15) is 6.54 Å². The van der Waals surface area contributed by atoms with Crippen molar-refractivity contribution < 1.29 is 14.8 Å². The molecular weight excluding hydrogens is 236 g/mol. The molecule has 0 unspecified atom stereocenters. The van der Waals surface area contributed by atoms with Gasteiger partial charge in [0.25, 0.3) is 5.69 Å². The molecule has 0 fully saturated rings. The number of nitro groups is 1. The second-order valence-electron chi connectivity index (χ2n) is 3.72. The summed E-state index contributed by atoms with van der Waals surface area (Å²) < 4.78 is 0. The molecule has 92 valence electrons. The van der Waals surface area contributed by atoms with E-state index in [1.54, 1.807) is 30.3 Å². The summed E-state index contributed by atoms with van der Waals surface area (Å²) in [5.74, 6) is -0.964. The van der Waals surface area contributed by atoms with Gasteiger partial charge in [0.2, 0.25) is 0 Å². The predicted octanol–water partition coefficient (Wildman–Crippen LogP) is 2.24. The number of rotatable bonds is 4. The average Bonchev–Trinajstić information content (AvgIpc) is 2.35. The molecule has 2 aromatic rings. The molecule has 0 atom stereocenters. The fraction of sp³-hybridized carbons (Fsp3) is 0.0833. The Hall–Kier alpha value is -2.63. The van der Waals surface area contributed by atoms with E-state index >= 15 is 0 Å². The first kappa shape index (κ1) is 11.8. The summed E-state index contributed by atoms with van der Waals surface area (Å²) in [4.78, 5) is 20.8. The molecule has 0 radical (unpaired) electrons. The zero-order valence-electron chi connectivity index (χ0n) is 9.29. The quantitative estimate of drug-likeness (QED) is 0.637. The van der Waals surface area contributed by atoms with Crippen molar-refractivity contribution in [3.05, 3.63) is 46.5 Å². The van der Waals surface area contributed by atoms with Crippen molar-refractivity contribution >= 4 is 28.1 Å². The van der Waals surface area contributed by atoms with Crippen molar-refractivity contribution in [3.8, 4) is 0 Å². The smallest absolute Gasteiger partial charge is 0.322 e. The van der Waals surface area contributed by atoms with Crippen LogP contribution in [0.4, 0.5) is 11.4 Å². The minimum absolute atomic E-state index is 0.0392. The number of carboxylic acids is 1. The number of fused-ring (bicyclic) bond motifs is 1. The van der Waals surface area contributed by atoms with Gasteiger partial charge in [0, 0.05) is 11.8 Å². The highest BCUT2D eigenvalue weighted by molar-refractivity contribution is 5.93. The number of hydrogen-bond donors (Lipinski definition) is 2. The highest BCUT2D eigenvalue weighted by atomic mass is 16.6. The summed E-state index contributed by atoms with van der Waals surface area (Å²) in [6.07, 6.45) is 0. The molecule has 2 aromatic carbocycles. The molecule has 0 bridgehead atoms. The van der Waals surface area contributed by atoms with E-state index in [0.717, 1.165) is 0 Å². The van der Waals surface area contributed by atoms with E-state index in [9.17, 15) is 14.9 Å². The zero-order valence-corrected chi connectivity index (χ0v) is 9.29. The number of aliphatic carboxylic acids is 1. The lowest BCUT2D eigenvalue weighted by Crippen LogP contribution is -2.12. The average molecular weight is 246 g/mol. The fourth-order valence-corrected chi connectivity index (χ4v) is 1.71. The molecule has 0 aliphatic carbocycles. The summed E-state index contributed by atoms with van der Waals surface area (Å²) in [5, 5.41) is 23.3. The Labute approximate surface area is 102 Å². The van der Waals surface area contributed by atoms with Crippen molar-refractivity contribution in [2.75, 3.05) is 11.9 Å². The molecule has 18 heavy (non-hydrogen) atoms. The molecular formula is C12H10N2O4. The Morgan fingerprint density at radius 2 is 2.11 bits per heavy atom. The van der Waals surface area contributed by atoms with Crippen molar-refractivity contribution in [2.24, 2.45) is 0 Å². The first-order valence-corrected chi connectivity index (χ1v) is 5.21. The maximum Gasteiger partial charge on any atom is 0.322 e. The monoisotopic (exact) mass is 246 g/mol. The van der Waals surface area contributed by atoms with Gasteiger partial charge in [-0.15, -0.1) is 0 Å². The van der Waals surface area contributed by atoms with Crippen LogP contribution in [-0.2, 0) is 4.79 Å². The Morgan fingerprint density at radius 3 is 2.78 bits per heavy atom. The number of benzene rings is 2. The van der Waals surface area contributed by atoms with E-state index in [1.807, 2.05) is 0 Å². The van der Waals surface area contributed by atoms with Gasteiger partial charge in [-0.2, -0.15) is 0 Å².